The first-order valence-corrected chi connectivity index (χ1v) is 7.79. The molecular weight excluding hydrogens is 327 g/mol. The highest BCUT2D eigenvalue weighted by molar-refractivity contribution is 7.98. The van der Waals surface area contributed by atoms with Gasteiger partial charge in [-0.3, -0.25) is 4.79 Å². The van der Waals surface area contributed by atoms with E-state index in [9.17, 15) is 18.0 Å². The van der Waals surface area contributed by atoms with E-state index in [1.807, 2.05) is 0 Å². The number of nitrogens with zero attached hydrogens (tertiary/aromatic N) is 2. The number of carbonyl (C=O) groups is 1. The van der Waals surface area contributed by atoms with Gasteiger partial charge in [0, 0.05) is 12.2 Å². The fraction of sp³-hybridized carbons (Fsp3) is 0.267. The second-order valence-corrected chi connectivity index (χ2v) is 5.64. The molecular formula is C15H14F3N3OS. The Kier molecular flexibility index (Phi) is 5.59. The van der Waals surface area contributed by atoms with E-state index in [4.69, 9.17) is 0 Å². The van der Waals surface area contributed by atoms with Crippen molar-refractivity contribution < 1.29 is 18.0 Å². The number of rotatable bonds is 5. The van der Waals surface area contributed by atoms with E-state index in [1.54, 1.807) is 25.1 Å². The van der Waals surface area contributed by atoms with Crippen LogP contribution in [0.1, 0.15) is 24.5 Å². The minimum Gasteiger partial charge on any atom is -0.309 e. The van der Waals surface area contributed by atoms with E-state index in [2.05, 4.69) is 15.5 Å². The summed E-state index contributed by atoms with van der Waals surface area (Å²) in [5.74, 6) is 0.531. The number of nitrogens with one attached hydrogen (secondary N) is 1. The number of aromatic nitrogens is 2. The van der Waals surface area contributed by atoms with Crippen molar-refractivity contribution in [2.45, 2.75) is 30.3 Å². The normalized spacial score (nSPS) is 11.3. The van der Waals surface area contributed by atoms with Gasteiger partial charge in [-0.05, 0) is 23.8 Å². The highest BCUT2D eigenvalue weighted by Gasteiger charge is 2.30. The van der Waals surface area contributed by atoms with Gasteiger partial charge in [0.1, 0.15) is 5.03 Å². The third-order valence-corrected chi connectivity index (χ3v) is 3.86. The largest absolute Gasteiger partial charge is 0.416 e. The number of carbonyl (C=O) groups excluding carboxylic acids is 1. The number of halogens is 3. The highest BCUT2D eigenvalue weighted by atomic mass is 32.2. The fourth-order valence-corrected chi connectivity index (χ4v) is 2.45. The molecule has 1 aromatic heterocycles. The SMILES string of the molecule is CCC(=O)Nc1ccc(SCc2cccc(C(F)(F)F)c2)nn1. The van der Waals surface area contributed by atoms with Crippen LogP contribution in [0, 0.1) is 0 Å². The number of hydrogen-bond donors (Lipinski definition) is 1. The van der Waals surface area contributed by atoms with Crippen molar-refractivity contribution in [2.24, 2.45) is 0 Å². The van der Waals surface area contributed by atoms with Gasteiger partial charge in [0.25, 0.3) is 0 Å². The number of hydrogen-bond acceptors (Lipinski definition) is 4. The quantitative estimate of drug-likeness (QED) is 0.831. The van der Waals surface area contributed by atoms with Gasteiger partial charge in [0.15, 0.2) is 5.82 Å². The van der Waals surface area contributed by atoms with Crippen molar-refractivity contribution in [3.8, 4) is 0 Å². The van der Waals surface area contributed by atoms with Gasteiger partial charge in [0.2, 0.25) is 5.91 Å². The molecule has 122 valence electrons. The standard InChI is InChI=1S/C15H14F3N3OS/c1-2-13(22)19-12-6-7-14(21-20-12)23-9-10-4-3-5-11(8-10)15(16,17)18/h3-8H,2,9H2,1H3,(H,19,20,22). The summed E-state index contributed by atoms with van der Waals surface area (Å²) >= 11 is 1.27. The van der Waals surface area contributed by atoms with Crippen molar-refractivity contribution in [3.63, 3.8) is 0 Å². The molecule has 0 spiro atoms. The molecule has 0 radical (unpaired) electrons. The summed E-state index contributed by atoms with van der Waals surface area (Å²) in [5.41, 5.74) is -0.116. The lowest BCUT2D eigenvalue weighted by Gasteiger charge is -2.08. The maximum absolute atomic E-state index is 12.6. The fourth-order valence-electron chi connectivity index (χ4n) is 1.69. The number of alkyl halides is 3. The van der Waals surface area contributed by atoms with E-state index in [0.29, 0.717) is 28.6 Å². The lowest BCUT2D eigenvalue weighted by atomic mass is 10.1. The molecule has 0 aliphatic carbocycles. The Balaban J connectivity index is 1.97. The Labute approximate surface area is 135 Å². The van der Waals surface area contributed by atoms with Crippen molar-refractivity contribution in [2.75, 3.05) is 5.32 Å². The van der Waals surface area contributed by atoms with Crippen molar-refractivity contribution in [1.82, 2.24) is 10.2 Å². The molecule has 1 heterocycles. The first kappa shape index (κ1) is 17.3. The van der Waals surface area contributed by atoms with Crippen molar-refractivity contribution in [1.29, 1.82) is 0 Å². The Hall–Kier alpha value is -2.09. The third kappa shape index (κ3) is 5.24. The second kappa shape index (κ2) is 7.45. The Morgan fingerprint density at radius 1 is 1.22 bits per heavy atom. The van der Waals surface area contributed by atoms with Gasteiger partial charge in [-0.25, -0.2) is 0 Å². The molecule has 1 N–H and O–H groups in total. The number of amides is 1. The molecule has 1 aromatic carbocycles. The zero-order chi connectivity index (χ0) is 16.9. The molecule has 23 heavy (non-hydrogen) atoms. The van der Waals surface area contributed by atoms with Crippen molar-refractivity contribution in [3.05, 3.63) is 47.5 Å². The zero-order valence-corrected chi connectivity index (χ0v) is 13.0. The first-order valence-electron chi connectivity index (χ1n) is 6.81. The predicted molar refractivity (Wildman–Crippen MR) is 82.0 cm³/mol. The molecule has 4 nitrogen and oxygen atoms in total. The molecule has 0 aliphatic rings. The van der Waals surface area contributed by atoms with Crippen LogP contribution in [-0.2, 0) is 16.7 Å². The summed E-state index contributed by atoms with van der Waals surface area (Å²) < 4.78 is 37.9. The summed E-state index contributed by atoms with van der Waals surface area (Å²) in [6.45, 7) is 1.72. The van der Waals surface area contributed by atoms with E-state index in [1.165, 1.54) is 17.8 Å². The van der Waals surface area contributed by atoms with Crippen LogP contribution in [-0.4, -0.2) is 16.1 Å². The summed E-state index contributed by atoms with van der Waals surface area (Å²) in [5, 5.41) is 10.9. The van der Waals surface area contributed by atoms with Gasteiger partial charge in [-0.2, -0.15) is 13.2 Å². The molecule has 8 heteroatoms. The summed E-state index contributed by atoms with van der Waals surface area (Å²) in [7, 11) is 0. The van der Waals surface area contributed by atoms with Crippen LogP contribution >= 0.6 is 11.8 Å². The maximum atomic E-state index is 12.6. The highest BCUT2D eigenvalue weighted by Crippen LogP contribution is 2.31. The van der Waals surface area contributed by atoms with Gasteiger partial charge in [0.05, 0.1) is 5.56 Å². The van der Waals surface area contributed by atoms with E-state index >= 15 is 0 Å². The minimum absolute atomic E-state index is 0.163. The molecule has 0 fully saturated rings. The zero-order valence-electron chi connectivity index (χ0n) is 12.2. The lowest BCUT2D eigenvalue weighted by Crippen LogP contribution is -2.11. The first-order chi connectivity index (χ1) is 10.9. The molecule has 0 saturated carbocycles. The van der Waals surface area contributed by atoms with E-state index in [0.717, 1.165) is 12.1 Å². The predicted octanol–water partition coefficient (Wildman–Crippen LogP) is 4.14. The molecule has 0 aliphatic heterocycles. The molecule has 0 unspecified atom stereocenters. The monoisotopic (exact) mass is 341 g/mol. The smallest absolute Gasteiger partial charge is 0.309 e. The number of anilines is 1. The summed E-state index contributed by atoms with van der Waals surface area (Å²) in [6, 6.07) is 8.44. The van der Waals surface area contributed by atoms with Crippen LogP contribution in [0.5, 0.6) is 0 Å². The average molecular weight is 341 g/mol. The van der Waals surface area contributed by atoms with E-state index < -0.39 is 11.7 Å². The number of benzene rings is 1. The molecule has 0 saturated heterocycles. The van der Waals surface area contributed by atoms with Crippen LogP contribution in [0.15, 0.2) is 41.4 Å². The minimum atomic E-state index is -4.35. The van der Waals surface area contributed by atoms with Gasteiger partial charge >= 0.3 is 6.18 Å². The average Bonchev–Trinajstić information content (AvgIpc) is 2.53. The van der Waals surface area contributed by atoms with Gasteiger partial charge in [-0.15, -0.1) is 10.2 Å². The van der Waals surface area contributed by atoms with Crippen molar-refractivity contribution >= 4 is 23.5 Å². The second-order valence-electron chi connectivity index (χ2n) is 4.65. The van der Waals surface area contributed by atoms with Crippen LogP contribution in [0.3, 0.4) is 0 Å². The van der Waals surface area contributed by atoms with E-state index in [-0.39, 0.29) is 5.91 Å². The Morgan fingerprint density at radius 3 is 2.61 bits per heavy atom. The van der Waals surface area contributed by atoms with Crippen LogP contribution in [0.2, 0.25) is 0 Å². The maximum Gasteiger partial charge on any atom is 0.416 e. The Bertz CT molecular complexity index is 674. The number of thioether (sulfide) groups is 1. The molecule has 0 bridgehead atoms. The summed E-state index contributed by atoms with van der Waals surface area (Å²) in [4.78, 5) is 11.2. The van der Waals surface area contributed by atoms with Gasteiger partial charge < -0.3 is 5.32 Å². The molecule has 2 aromatic rings. The Morgan fingerprint density at radius 2 is 2.00 bits per heavy atom. The third-order valence-electron chi connectivity index (χ3n) is 2.87. The van der Waals surface area contributed by atoms with Crippen LogP contribution in [0.25, 0.3) is 0 Å². The lowest BCUT2D eigenvalue weighted by molar-refractivity contribution is -0.137. The van der Waals surface area contributed by atoms with Crippen LogP contribution in [0.4, 0.5) is 19.0 Å². The topological polar surface area (TPSA) is 54.9 Å². The molecule has 1 amide bonds. The van der Waals surface area contributed by atoms with Crippen LogP contribution < -0.4 is 5.32 Å². The summed E-state index contributed by atoms with van der Waals surface area (Å²) in [6.07, 6.45) is -4.01. The van der Waals surface area contributed by atoms with Gasteiger partial charge in [-0.1, -0.05) is 36.9 Å². The molecule has 2 rings (SSSR count). The molecule has 0 atom stereocenters.